The molecule has 12 unspecified atom stereocenters. The Morgan fingerprint density at radius 1 is 0.857 bits per heavy atom. The van der Waals surface area contributed by atoms with E-state index in [4.69, 9.17) is 23.7 Å². The maximum atomic E-state index is 13.5. The molecule has 2 heterocycles. The van der Waals surface area contributed by atoms with E-state index in [1.165, 1.54) is 24.3 Å². The fourth-order valence-electron chi connectivity index (χ4n) is 6.59. The van der Waals surface area contributed by atoms with Crippen molar-refractivity contribution in [3.05, 3.63) is 108 Å². The molecule has 3 rings (SSSR count). The number of carbonyl (C=O) groups is 2. The molecule has 1 saturated heterocycles. The van der Waals surface area contributed by atoms with Gasteiger partial charge in [0.1, 0.15) is 60.8 Å². The Morgan fingerprint density at radius 3 is 2.27 bits per heavy atom. The predicted molar refractivity (Wildman–Crippen MR) is 232 cm³/mol. The summed E-state index contributed by atoms with van der Waals surface area (Å²) in [6, 6.07) is 2.44. The minimum atomic E-state index is -2.05. The third kappa shape index (κ3) is 17.2. The number of aromatic hydroxyl groups is 2. The van der Waals surface area contributed by atoms with Gasteiger partial charge in [-0.25, -0.2) is 9.59 Å². The third-order valence-corrected chi connectivity index (χ3v) is 10.7. The van der Waals surface area contributed by atoms with Crippen LogP contribution in [0, 0.1) is 5.92 Å². The predicted octanol–water partition coefficient (Wildman–Crippen LogP) is 3.34. The molecule has 0 radical (unpaired) electrons. The van der Waals surface area contributed by atoms with E-state index in [1.54, 1.807) is 30.4 Å². The number of carbonyl (C=O) groups excluding carboxylic acids is 2. The number of hydrogen-bond donors (Lipinski definition) is 9. The Balaban J connectivity index is 1.88. The van der Waals surface area contributed by atoms with E-state index in [0.29, 0.717) is 17.9 Å². The van der Waals surface area contributed by atoms with Crippen molar-refractivity contribution in [3.63, 3.8) is 0 Å². The molecule has 12 atom stereocenters. The minimum Gasteiger partial charge on any atom is -0.508 e. The van der Waals surface area contributed by atoms with Gasteiger partial charge in [-0.1, -0.05) is 94.0 Å². The average molecular weight is 887 g/mol. The van der Waals surface area contributed by atoms with E-state index in [9.17, 15) is 55.5 Å². The topological polar surface area (TPSA) is 262 Å². The number of aliphatic hydroxyl groups excluding tert-OH is 7. The zero-order valence-corrected chi connectivity index (χ0v) is 36.3. The molecule has 2 aliphatic heterocycles. The summed E-state index contributed by atoms with van der Waals surface area (Å²) in [5, 5.41) is 93.6. The van der Waals surface area contributed by atoms with Gasteiger partial charge in [0, 0.05) is 24.6 Å². The van der Waals surface area contributed by atoms with Gasteiger partial charge in [-0.3, -0.25) is 0 Å². The monoisotopic (exact) mass is 886 g/mol. The number of phenols is 2. The summed E-state index contributed by atoms with van der Waals surface area (Å²) in [6.45, 7) is 5.44. The molecular formula is C47H66O16. The summed E-state index contributed by atoms with van der Waals surface area (Å²) < 4.78 is 29.7. The highest BCUT2D eigenvalue weighted by atomic mass is 16.7. The molecule has 0 aromatic heterocycles. The lowest BCUT2D eigenvalue weighted by atomic mass is 9.92. The average Bonchev–Trinajstić information content (AvgIpc) is 3.37. The second-order valence-electron chi connectivity index (χ2n) is 15.6. The highest BCUT2D eigenvalue weighted by Gasteiger charge is 2.50. The lowest BCUT2D eigenvalue weighted by Crippen LogP contribution is -2.55. The fourth-order valence-corrected chi connectivity index (χ4v) is 6.59. The van der Waals surface area contributed by atoms with Crippen LogP contribution in [0.2, 0.25) is 0 Å². The number of allylic oxidation sites excluding steroid dienone is 9. The first kappa shape index (κ1) is 52.9. The van der Waals surface area contributed by atoms with Gasteiger partial charge in [0.25, 0.3) is 0 Å². The van der Waals surface area contributed by atoms with Crippen molar-refractivity contribution in [2.24, 2.45) is 5.92 Å². The summed E-state index contributed by atoms with van der Waals surface area (Å²) in [5.41, 5.74) is 1.25. The van der Waals surface area contributed by atoms with Gasteiger partial charge in [-0.2, -0.15) is 0 Å². The largest absolute Gasteiger partial charge is 0.508 e. The van der Waals surface area contributed by atoms with E-state index in [2.05, 4.69) is 19.9 Å². The highest BCUT2D eigenvalue weighted by Crippen LogP contribution is 2.44. The Hall–Kier alpha value is -4.46. The zero-order chi connectivity index (χ0) is 46.5. The molecule has 0 spiro atoms. The number of rotatable bonds is 25. The Bertz CT molecular complexity index is 1780. The maximum absolute atomic E-state index is 13.5. The van der Waals surface area contributed by atoms with E-state index in [-0.39, 0.29) is 29.9 Å². The molecule has 63 heavy (non-hydrogen) atoms. The standard InChI is InChI=1S/C47H66O16/c1-5-29(3)17-11-9-12-18-30(4)34(52)20-14-10-16-22-41(56)63-45-37-24-31-23-33(51)25-35(53)42(31)47(61-37)62-38(27-49)46(45)60-39(44(58)43(57)36(54)26-48)28-59-40(55)21-15-8-7-13-19-32(50)6-2/h7-10,12-16,18-19,21-23,25,29,32,34,36-39,43-54,57-58H,5-6,11,17,20,24,26-28H2,1-4H3/b8-7-,12-9+,14-10+,19-13+,21-15+,22-16+,30-18+. The smallest absolute Gasteiger partial charge is 0.331 e. The number of aliphatic hydroxyl groups is 7. The molecular weight excluding hydrogens is 821 g/mol. The SMILES string of the molecule is CCC(O)/C=C/C=C\C=C\C(=O)OCC(OC1C(CO)OC2OC(Cc3cc(O)cc(O)c32)C1OC(=O)/C=C/C=C/CC(O)/C(C)=C/C=C/CCC(C)CC)C(O)C(O)C(O)CO. The van der Waals surface area contributed by atoms with Gasteiger partial charge >= 0.3 is 11.9 Å². The zero-order valence-electron chi connectivity index (χ0n) is 36.3. The first-order valence-electron chi connectivity index (χ1n) is 21.3. The second kappa shape index (κ2) is 27.7. The Labute approximate surface area is 369 Å². The van der Waals surface area contributed by atoms with Crippen LogP contribution >= 0.6 is 0 Å². The third-order valence-electron chi connectivity index (χ3n) is 10.7. The molecule has 2 aliphatic rings. The van der Waals surface area contributed by atoms with Gasteiger partial charge in [0.2, 0.25) is 0 Å². The maximum Gasteiger partial charge on any atom is 0.331 e. The van der Waals surface area contributed by atoms with Crippen molar-refractivity contribution in [1.29, 1.82) is 0 Å². The van der Waals surface area contributed by atoms with Crippen molar-refractivity contribution in [3.8, 4) is 11.5 Å². The van der Waals surface area contributed by atoms with Crippen molar-refractivity contribution in [2.75, 3.05) is 19.8 Å². The van der Waals surface area contributed by atoms with E-state index in [1.807, 2.05) is 26.0 Å². The summed E-state index contributed by atoms with van der Waals surface area (Å²) in [5.74, 6) is -1.85. The number of fused-ring (bicyclic) bond motifs is 4. The van der Waals surface area contributed by atoms with E-state index in [0.717, 1.165) is 43.1 Å². The summed E-state index contributed by atoms with van der Waals surface area (Å²) in [6.07, 6.45) is 7.89. The summed E-state index contributed by atoms with van der Waals surface area (Å²) >= 11 is 0. The van der Waals surface area contributed by atoms with Crippen LogP contribution in [-0.2, 0) is 39.7 Å². The van der Waals surface area contributed by atoms with Gasteiger partial charge in [0.05, 0.1) is 31.0 Å². The molecule has 1 fully saturated rings. The van der Waals surface area contributed by atoms with Gasteiger partial charge in [-0.15, -0.1) is 0 Å². The van der Waals surface area contributed by atoms with Crippen molar-refractivity contribution in [1.82, 2.24) is 0 Å². The molecule has 0 saturated carbocycles. The Kier molecular flexibility index (Phi) is 23.2. The van der Waals surface area contributed by atoms with Crippen LogP contribution in [0.25, 0.3) is 0 Å². The van der Waals surface area contributed by atoms with Crippen LogP contribution in [0.15, 0.2) is 96.7 Å². The molecule has 0 amide bonds. The van der Waals surface area contributed by atoms with Gasteiger partial charge < -0.3 is 69.6 Å². The lowest BCUT2D eigenvalue weighted by Gasteiger charge is -2.37. The van der Waals surface area contributed by atoms with Crippen LogP contribution in [0.3, 0.4) is 0 Å². The lowest BCUT2D eigenvalue weighted by molar-refractivity contribution is -0.217. The van der Waals surface area contributed by atoms with Crippen LogP contribution in [0.1, 0.15) is 77.2 Å². The van der Waals surface area contributed by atoms with Gasteiger partial charge in [-0.05, 0) is 55.7 Å². The second-order valence-corrected chi connectivity index (χ2v) is 15.6. The highest BCUT2D eigenvalue weighted by molar-refractivity contribution is 5.82. The molecule has 0 aliphatic carbocycles. The molecule has 1 aromatic carbocycles. The van der Waals surface area contributed by atoms with E-state index >= 15 is 0 Å². The molecule has 16 nitrogen and oxygen atoms in total. The Morgan fingerprint density at radius 2 is 1.57 bits per heavy atom. The van der Waals surface area contributed by atoms with Crippen LogP contribution in [0.5, 0.6) is 11.5 Å². The number of phenolic OH excluding ortho intramolecular Hbond substituents is 2. The molecule has 1 aromatic rings. The number of ether oxygens (including phenoxy) is 5. The van der Waals surface area contributed by atoms with E-state index < -0.39 is 99.1 Å². The first-order chi connectivity index (χ1) is 30.1. The molecule has 350 valence electrons. The number of esters is 2. The normalized spacial score (nSPS) is 24.2. The number of benzene rings is 1. The molecule has 16 heteroatoms. The molecule has 2 bridgehead atoms. The van der Waals surface area contributed by atoms with Crippen LogP contribution < -0.4 is 0 Å². The first-order valence-corrected chi connectivity index (χ1v) is 21.3. The quantitative estimate of drug-likeness (QED) is 0.0387. The van der Waals surface area contributed by atoms with Crippen molar-refractivity contribution in [2.45, 2.75) is 134 Å². The summed E-state index contributed by atoms with van der Waals surface area (Å²) in [4.78, 5) is 26.2. The summed E-state index contributed by atoms with van der Waals surface area (Å²) in [7, 11) is 0. The van der Waals surface area contributed by atoms with Crippen LogP contribution in [-0.4, -0.2) is 139 Å². The van der Waals surface area contributed by atoms with Crippen LogP contribution in [0.4, 0.5) is 0 Å². The van der Waals surface area contributed by atoms with Crippen molar-refractivity contribution < 1.29 is 79.2 Å². The fraction of sp³-hybridized carbons (Fsp3) is 0.532. The molecule has 9 N–H and O–H groups in total. The van der Waals surface area contributed by atoms with Gasteiger partial charge in [0.15, 0.2) is 12.4 Å². The number of hydrogen-bond acceptors (Lipinski definition) is 16. The van der Waals surface area contributed by atoms with Crippen molar-refractivity contribution >= 4 is 11.9 Å². The minimum absolute atomic E-state index is 0.0898.